The number of hydrogen-bond donors (Lipinski definition) is 1. The number of nitrogens with one attached hydrogen (secondary N) is 1. The number of amides is 1. The highest BCUT2D eigenvalue weighted by atomic mass is 32.2. The molecule has 1 amide bonds. The van der Waals surface area contributed by atoms with Crippen LogP contribution in [0.5, 0.6) is 5.75 Å². The number of aromatic nitrogens is 2. The Morgan fingerprint density at radius 3 is 2.94 bits per heavy atom. The van der Waals surface area contributed by atoms with Gasteiger partial charge in [-0.25, -0.2) is 9.37 Å². The number of halogens is 1. The van der Waals surface area contributed by atoms with E-state index in [1.807, 2.05) is 0 Å². The zero-order valence-electron chi connectivity index (χ0n) is 17.5. The number of carbonyl (C=O) groups excluding carboxylic acids is 1. The maximum atomic E-state index is 13.8. The van der Waals surface area contributed by atoms with E-state index in [9.17, 15) is 14.0 Å². The third kappa shape index (κ3) is 4.77. The van der Waals surface area contributed by atoms with E-state index in [0.29, 0.717) is 23.7 Å². The molecule has 4 rings (SSSR count). The van der Waals surface area contributed by atoms with E-state index in [4.69, 9.17) is 4.74 Å². The fourth-order valence-corrected chi connectivity index (χ4v) is 5.90. The van der Waals surface area contributed by atoms with Gasteiger partial charge in [-0.1, -0.05) is 6.07 Å². The summed E-state index contributed by atoms with van der Waals surface area (Å²) in [6.45, 7) is 0.308. The highest BCUT2D eigenvalue weighted by Gasteiger charge is 2.20. The Kier molecular flexibility index (Phi) is 6.62. The number of H-pyrrole nitrogens is 1. The molecule has 0 radical (unpaired) electrons. The van der Waals surface area contributed by atoms with Crippen LogP contribution < -0.4 is 10.3 Å². The molecule has 0 saturated heterocycles. The lowest BCUT2D eigenvalue weighted by Gasteiger charge is -2.17. The van der Waals surface area contributed by atoms with Crippen LogP contribution in [-0.2, 0) is 29.9 Å². The highest BCUT2D eigenvalue weighted by Crippen LogP contribution is 2.33. The second-order valence-electron chi connectivity index (χ2n) is 7.62. The molecule has 0 unspecified atom stereocenters. The van der Waals surface area contributed by atoms with E-state index >= 15 is 0 Å². The van der Waals surface area contributed by atoms with Crippen LogP contribution in [0.3, 0.4) is 0 Å². The summed E-state index contributed by atoms with van der Waals surface area (Å²) in [5.74, 6) is 0.946. The first kappa shape index (κ1) is 21.8. The van der Waals surface area contributed by atoms with Crippen molar-refractivity contribution < 1.29 is 13.9 Å². The standard InChI is InChI=1S/C22H24FN3O3S2/c1-26(10-13-7-8-16(29-2)15(23)9-13)19(27)12-30-11-18-24-21(28)20-14-5-3-4-6-17(14)31-22(20)25-18/h7-9H,3-6,10-12H2,1-2H3,(H,24,25,28). The summed E-state index contributed by atoms with van der Waals surface area (Å²) in [4.78, 5) is 36.2. The normalized spacial score (nSPS) is 13.3. The number of nitrogens with zero attached hydrogens (tertiary/aromatic N) is 2. The number of carbonyl (C=O) groups is 1. The van der Waals surface area contributed by atoms with Crippen molar-refractivity contribution >= 4 is 39.2 Å². The van der Waals surface area contributed by atoms with Gasteiger partial charge in [0.25, 0.3) is 5.56 Å². The maximum Gasteiger partial charge on any atom is 0.259 e. The van der Waals surface area contributed by atoms with E-state index < -0.39 is 5.82 Å². The molecule has 0 bridgehead atoms. The molecule has 0 saturated carbocycles. The number of rotatable bonds is 7. The number of methoxy groups -OCH3 is 1. The predicted molar refractivity (Wildman–Crippen MR) is 122 cm³/mol. The van der Waals surface area contributed by atoms with Gasteiger partial charge in [0.1, 0.15) is 10.7 Å². The Hall–Kier alpha value is -2.39. The molecule has 0 aliphatic heterocycles. The van der Waals surface area contributed by atoms with Crippen LogP contribution in [0.25, 0.3) is 10.2 Å². The van der Waals surface area contributed by atoms with Crippen molar-refractivity contribution in [3.8, 4) is 5.75 Å². The maximum absolute atomic E-state index is 13.8. The molecule has 164 valence electrons. The Balaban J connectivity index is 1.35. The lowest BCUT2D eigenvalue weighted by atomic mass is 9.97. The van der Waals surface area contributed by atoms with Crippen LogP contribution >= 0.6 is 23.1 Å². The first-order valence-electron chi connectivity index (χ1n) is 10.1. The van der Waals surface area contributed by atoms with Crippen LogP contribution in [0.15, 0.2) is 23.0 Å². The molecule has 1 N–H and O–H groups in total. The summed E-state index contributed by atoms with van der Waals surface area (Å²) in [6, 6.07) is 4.67. The molecule has 1 aliphatic rings. The summed E-state index contributed by atoms with van der Waals surface area (Å²) in [7, 11) is 3.10. The Labute approximate surface area is 187 Å². The van der Waals surface area contributed by atoms with E-state index in [1.165, 1.54) is 41.8 Å². The van der Waals surface area contributed by atoms with Gasteiger partial charge in [0.05, 0.1) is 24.0 Å². The molecule has 2 aromatic heterocycles. The SMILES string of the molecule is COc1ccc(CN(C)C(=O)CSCc2nc3sc4c(c3c(=O)[nH]2)CCCC4)cc1F. The number of aryl methyl sites for hydroxylation is 2. The average molecular weight is 462 g/mol. The number of thioether (sulfide) groups is 1. The van der Waals surface area contributed by atoms with Crippen LogP contribution in [0, 0.1) is 5.82 Å². The monoisotopic (exact) mass is 461 g/mol. The Bertz CT molecular complexity index is 1170. The lowest BCUT2D eigenvalue weighted by molar-refractivity contribution is -0.127. The first-order chi connectivity index (χ1) is 15.0. The highest BCUT2D eigenvalue weighted by molar-refractivity contribution is 7.99. The molecule has 1 aromatic carbocycles. The first-order valence-corrected chi connectivity index (χ1v) is 12.1. The van der Waals surface area contributed by atoms with Crippen molar-refractivity contribution in [2.24, 2.45) is 0 Å². The van der Waals surface area contributed by atoms with Gasteiger partial charge in [0, 0.05) is 18.5 Å². The van der Waals surface area contributed by atoms with Crippen molar-refractivity contribution in [1.29, 1.82) is 0 Å². The van der Waals surface area contributed by atoms with Gasteiger partial charge in [-0.2, -0.15) is 0 Å². The summed E-state index contributed by atoms with van der Waals surface area (Å²) < 4.78 is 18.8. The van der Waals surface area contributed by atoms with Gasteiger partial charge in [0.15, 0.2) is 11.6 Å². The van der Waals surface area contributed by atoms with Crippen LogP contribution in [0.4, 0.5) is 4.39 Å². The van der Waals surface area contributed by atoms with Gasteiger partial charge in [0.2, 0.25) is 5.91 Å². The molecule has 2 heterocycles. The molecule has 0 atom stereocenters. The molecule has 0 fully saturated rings. The van der Waals surface area contributed by atoms with Crippen molar-refractivity contribution in [1.82, 2.24) is 14.9 Å². The van der Waals surface area contributed by atoms with Crippen molar-refractivity contribution in [3.63, 3.8) is 0 Å². The van der Waals surface area contributed by atoms with Crippen LogP contribution in [-0.4, -0.2) is 40.7 Å². The molecule has 9 heteroatoms. The lowest BCUT2D eigenvalue weighted by Crippen LogP contribution is -2.28. The third-order valence-electron chi connectivity index (χ3n) is 5.40. The zero-order valence-corrected chi connectivity index (χ0v) is 19.1. The number of ether oxygens (including phenoxy) is 1. The fourth-order valence-electron chi connectivity index (χ4n) is 3.79. The van der Waals surface area contributed by atoms with Crippen LogP contribution in [0.1, 0.15) is 34.7 Å². The predicted octanol–water partition coefficient (Wildman–Crippen LogP) is 3.90. The van der Waals surface area contributed by atoms with Gasteiger partial charge >= 0.3 is 0 Å². The number of aromatic amines is 1. The van der Waals surface area contributed by atoms with E-state index in [-0.39, 0.29) is 23.0 Å². The van der Waals surface area contributed by atoms with Crippen molar-refractivity contribution in [2.75, 3.05) is 19.9 Å². The Morgan fingerprint density at radius 2 is 2.16 bits per heavy atom. The molecular weight excluding hydrogens is 437 g/mol. The molecular formula is C22H24FN3O3S2. The minimum absolute atomic E-state index is 0.0729. The second kappa shape index (κ2) is 9.40. The average Bonchev–Trinajstić information content (AvgIpc) is 3.12. The minimum atomic E-state index is -0.448. The number of fused-ring (bicyclic) bond motifs is 3. The van der Waals surface area contributed by atoms with E-state index in [0.717, 1.165) is 29.5 Å². The minimum Gasteiger partial charge on any atom is -0.494 e. The van der Waals surface area contributed by atoms with Crippen molar-refractivity contribution in [2.45, 2.75) is 38.0 Å². The number of hydrogen-bond acceptors (Lipinski definition) is 6. The zero-order chi connectivity index (χ0) is 22.0. The molecule has 0 spiro atoms. The molecule has 31 heavy (non-hydrogen) atoms. The van der Waals surface area contributed by atoms with Gasteiger partial charge in [-0.05, 0) is 48.9 Å². The van der Waals surface area contributed by atoms with Gasteiger partial charge < -0.3 is 14.6 Å². The largest absolute Gasteiger partial charge is 0.494 e. The quantitative estimate of drug-likeness (QED) is 0.578. The summed E-state index contributed by atoms with van der Waals surface area (Å²) in [6.07, 6.45) is 4.26. The molecule has 3 aromatic rings. The number of benzene rings is 1. The van der Waals surface area contributed by atoms with Crippen molar-refractivity contribution in [3.05, 3.63) is 56.2 Å². The summed E-state index contributed by atoms with van der Waals surface area (Å²) in [5, 5.41) is 0.746. The fraction of sp³-hybridized carbons (Fsp3) is 0.409. The van der Waals surface area contributed by atoms with Gasteiger partial charge in [-0.3, -0.25) is 9.59 Å². The second-order valence-corrected chi connectivity index (χ2v) is 9.68. The third-order valence-corrected chi connectivity index (χ3v) is 7.51. The Morgan fingerprint density at radius 1 is 1.35 bits per heavy atom. The summed E-state index contributed by atoms with van der Waals surface area (Å²) >= 11 is 3.02. The van der Waals surface area contributed by atoms with E-state index in [2.05, 4.69) is 9.97 Å². The topological polar surface area (TPSA) is 75.3 Å². The van der Waals surface area contributed by atoms with Gasteiger partial charge in [-0.15, -0.1) is 23.1 Å². The van der Waals surface area contributed by atoms with Crippen LogP contribution in [0.2, 0.25) is 0 Å². The van der Waals surface area contributed by atoms with E-state index in [1.54, 1.807) is 35.4 Å². The smallest absolute Gasteiger partial charge is 0.259 e. The molecule has 6 nitrogen and oxygen atoms in total. The summed E-state index contributed by atoms with van der Waals surface area (Å²) in [5.41, 5.74) is 1.79. The number of thiophene rings is 1. The molecule has 1 aliphatic carbocycles.